The molecule has 4 nitrogen and oxygen atoms in total. The van der Waals surface area contributed by atoms with E-state index < -0.39 is 11.6 Å². The van der Waals surface area contributed by atoms with Gasteiger partial charge in [0.1, 0.15) is 5.54 Å². The van der Waals surface area contributed by atoms with Crippen molar-refractivity contribution >= 4 is 5.91 Å². The molecule has 0 radical (unpaired) electrons. The summed E-state index contributed by atoms with van der Waals surface area (Å²) < 4.78 is 0. The zero-order valence-corrected chi connectivity index (χ0v) is 6.51. The Labute approximate surface area is 60.4 Å². The Kier molecular flexibility index (Phi) is 2.80. The predicted molar refractivity (Wildman–Crippen MR) is 38.3 cm³/mol. The summed E-state index contributed by atoms with van der Waals surface area (Å²) in [7, 11) is 1.48. The summed E-state index contributed by atoms with van der Waals surface area (Å²) in [5.74, 6) is -0.359. The van der Waals surface area contributed by atoms with E-state index in [9.17, 15) is 4.79 Å². The lowest BCUT2D eigenvalue weighted by Gasteiger charge is -2.25. The quantitative estimate of drug-likeness (QED) is 0.459. The van der Waals surface area contributed by atoms with E-state index in [1.54, 1.807) is 0 Å². The Morgan fingerprint density at radius 1 is 1.80 bits per heavy atom. The van der Waals surface area contributed by atoms with Gasteiger partial charge < -0.3 is 16.2 Å². The molecule has 0 aliphatic heterocycles. The number of likely N-dealkylation sites (N-methyl/N-ethyl adjacent to an activating group) is 1. The first kappa shape index (κ1) is 9.39. The first-order valence-electron chi connectivity index (χ1n) is 3.12. The highest BCUT2D eigenvalue weighted by molar-refractivity contribution is 5.85. The van der Waals surface area contributed by atoms with Crippen molar-refractivity contribution < 1.29 is 9.90 Å². The van der Waals surface area contributed by atoms with Crippen LogP contribution < -0.4 is 11.1 Å². The fourth-order valence-corrected chi connectivity index (χ4v) is 0.459. The molecular weight excluding hydrogens is 132 g/mol. The second kappa shape index (κ2) is 2.98. The van der Waals surface area contributed by atoms with Crippen LogP contribution in [0.1, 0.15) is 13.8 Å². The van der Waals surface area contributed by atoms with Crippen LogP contribution in [0.4, 0.5) is 0 Å². The standard InChI is InChI=1S/C6H14N2O2/c1-4(9)6(2,7)5(10)8-3/h4,9H,7H2,1-3H3,(H,8,10). The Hall–Kier alpha value is -0.610. The summed E-state index contributed by atoms with van der Waals surface area (Å²) in [6, 6.07) is 0. The molecule has 0 spiro atoms. The molecule has 0 heterocycles. The van der Waals surface area contributed by atoms with Crippen molar-refractivity contribution in [2.75, 3.05) is 7.05 Å². The maximum absolute atomic E-state index is 10.9. The normalized spacial score (nSPS) is 19.3. The van der Waals surface area contributed by atoms with Gasteiger partial charge in [0.2, 0.25) is 5.91 Å². The third-order valence-corrected chi connectivity index (χ3v) is 1.58. The van der Waals surface area contributed by atoms with Gasteiger partial charge in [-0.25, -0.2) is 0 Å². The van der Waals surface area contributed by atoms with Crippen LogP contribution in [0.2, 0.25) is 0 Å². The van der Waals surface area contributed by atoms with E-state index in [1.165, 1.54) is 20.9 Å². The Balaban J connectivity index is 4.24. The first-order valence-corrected chi connectivity index (χ1v) is 3.12. The molecule has 4 heteroatoms. The van der Waals surface area contributed by atoms with Crippen LogP contribution in [0.15, 0.2) is 0 Å². The molecule has 0 fully saturated rings. The van der Waals surface area contributed by atoms with Gasteiger partial charge in [-0.2, -0.15) is 0 Å². The molecule has 2 atom stereocenters. The second-order valence-corrected chi connectivity index (χ2v) is 2.54. The molecule has 0 saturated carbocycles. The number of carbonyl (C=O) groups is 1. The van der Waals surface area contributed by atoms with E-state index in [1.807, 2.05) is 0 Å². The average Bonchev–Trinajstić information content (AvgIpc) is 1.86. The largest absolute Gasteiger partial charge is 0.391 e. The van der Waals surface area contributed by atoms with Crippen molar-refractivity contribution in [3.05, 3.63) is 0 Å². The van der Waals surface area contributed by atoms with Crippen LogP contribution in [-0.2, 0) is 4.79 Å². The predicted octanol–water partition coefficient (Wildman–Crippen LogP) is -1.17. The van der Waals surface area contributed by atoms with Gasteiger partial charge in [-0.05, 0) is 13.8 Å². The zero-order valence-electron chi connectivity index (χ0n) is 6.51. The highest BCUT2D eigenvalue weighted by Gasteiger charge is 2.32. The molecule has 1 amide bonds. The van der Waals surface area contributed by atoms with Crippen molar-refractivity contribution in [2.24, 2.45) is 5.73 Å². The minimum absolute atomic E-state index is 0.359. The minimum Gasteiger partial charge on any atom is -0.391 e. The molecule has 60 valence electrons. The van der Waals surface area contributed by atoms with Crippen LogP contribution in [0.5, 0.6) is 0 Å². The van der Waals surface area contributed by atoms with Crippen molar-refractivity contribution in [3.8, 4) is 0 Å². The highest BCUT2D eigenvalue weighted by Crippen LogP contribution is 2.04. The van der Waals surface area contributed by atoms with E-state index in [0.717, 1.165) is 0 Å². The van der Waals surface area contributed by atoms with Crippen LogP contribution in [0.3, 0.4) is 0 Å². The number of carbonyl (C=O) groups excluding carboxylic acids is 1. The summed E-state index contributed by atoms with van der Waals surface area (Å²) in [5.41, 5.74) is 4.27. The van der Waals surface area contributed by atoms with E-state index in [-0.39, 0.29) is 5.91 Å². The Morgan fingerprint density at radius 3 is 2.30 bits per heavy atom. The molecule has 10 heavy (non-hydrogen) atoms. The van der Waals surface area contributed by atoms with Gasteiger partial charge in [0.05, 0.1) is 6.10 Å². The third-order valence-electron chi connectivity index (χ3n) is 1.58. The molecule has 0 saturated heterocycles. The van der Waals surface area contributed by atoms with Crippen molar-refractivity contribution in [1.82, 2.24) is 5.32 Å². The number of hydrogen-bond acceptors (Lipinski definition) is 3. The Bertz CT molecular complexity index is 132. The average molecular weight is 146 g/mol. The van der Waals surface area contributed by atoms with E-state index in [2.05, 4.69) is 5.32 Å². The number of aliphatic hydroxyl groups excluding tert-OH is 1. The maximum Gasteiger partial charge on any atom is 0.242 e. The number of rotatable bonds is 2. The van der Waals surface area contributed by atoms with Crippen molar-refractivity contribution in [3.63, 3.8) is 0 Å². The maximum atomic E-state index is 10.9. The molecule has 0 aromatic carbocycles. The summed E-state index contributed by atoms with van der Waals surface area (Å²) in [4.78, 5) is 10.9. The Morgan fingerprint density at radius 2 is 2.20 bits per heavy atom. The lowest BCUT2D eigenvalue weighted by molar-refractivity contribution is -0.128. The van der Waals surface area contributed by atoms with Gasteiger partial charge in [0.15, 0.2) is 0 Å². The number of aliphatic hydroxyl groups is 1. The van der Waals surface area contributed by atoms with E-state index in [4.69, 9.17) is 10.8 Å². The summed E-state index contributed by atoms with van der Waals surface area (Å²) in [5, 5.41) is 11.4. The van der Waals surface area contributed by atoms with Gasteiger partial charge in [-0.15, -0.1) is 0 Å². The molecular formula is C6H14N2O2. The molecule has 4 N–H and O–H groups in total. The topological polar surface area (TPSA) is 75.4 Å². The fraction of sp³-hybridized carbons (Fsp3) is 0.833. The molecule has 0 rings (SSSR count). The van der Waals surface area contributed by atoms with Gasteiger partial charge in [-0.1, -0.05) is 0 Å². The van der Waals surface area contributed by atoms with Gasteiger partial charge >= 0.3 is 0 Å². The van der Waals surface area contributed by atoms with Crippen LogP contribution in [0.25, 0.3) is 0 Å². The molecule has 0 bridgehead atoms. The monoisotopic (exact) mass is 146 g/mol. The summed E-state index contributed by atoms with van der Waals surface area (Å²) in [6.07, 6.45) is -0.840. The molecule has 0 aliphatic carbocycles. The van der Waals surface area contributed by atoms with Crippen LogP contribution in [0, 0.1) is 0 Å². The highest BCUT2D eigenvalue weighted by atomic mass is 16.3. The minimum atomic E-state index is -1.19. The van der Waals surface area contributed by atoms with E-state index in [0.29, 0.717) is 0 Å². The molecule has 0 aromatic heterocycles. The molecule has 2 unspecified atom stereocenters. The number of nitrogens with one attached hydrogen (secondary N) is 1. The van der Waals surface area contributed by atoms with Gasteiger partial charge in [-0.3, -0.25) is 4.79 Å². The van der Waals surface area contributed by atoms with Gasteiger partial charge in [0.25, 0.3) is 0 Å². The smallest absolute Gasteiger partial charge is 0.242 e. The summed E-state index contributed by atoms with van der Waals surface area (Å²) >= 11 is 0. The second-order valence-electron chi connectivity index (χ2n) is 2.54. The van der Waals surface area contributed by atoms with E-state index >= 15 is 0 Å². The lowest BCUT2D eigenvalue weighted by atomic mass is 9.96. The zero-order chi connectivity index (χ0) is 8.36. The van der Waals surface area contributed by atoms with Crippen molar-refractivity contribution in [1.29, 1.82) is 0 Å². The SMILES string of the molecule is CNC(=O)C(C)(N)C(C)O. The number of amides is 1. The molecule has 0 aliphatic rings. The third kappa shape index (κ3) is 1.68. The fourth-order valence-electron chi connectivity index (χ4n) is 0.459. The van der Waals surface area contributed by atoms with Crippen molar-refractivity contribution in [2.45, 2.75) is 25.5 Å². The van der Waals surface area contributed by atoms with Crippen LogP contribution >= 0.6 is 0 Å². The lowest BCUT2D eigenvalue weighted by Crippen LogP contribution is -2.57. The first-order chi connectivity index (χ1) is 4.42. The number of hydrogen-bond donors (Lipinski definition) is 3. The summed E-state index contributed by atoms with van der Waals surface area (Å²) in [6.45, 7) is 2.96. The van der Waals surface area contributed by atoms with Crippen LogP contribution in [-0.4, -0.2) is 29.7 Å². The molecule has 0 aromatic rings. The number of nitrogens with two attached hydrogens (primary N) is 1. The van der Waals surface area contributed by atoms with Gasteiger partial charge in [0, 0.05) is 7.05 Å².